The number of ketones is 1. The molecule has 0 heterocycles. The van der Waals surface area contributed by atoms with Crippen molar-refractivity contribution in [2.24, 2.45) is 0 Å². The van der Waals surface area contributed by atoms with Gasteiger partial charge in [-0.1, -0.05) is 42.5 Å². The third kappa shape index (κ3) is 3.85. The van der Waals surface area contributed by atoms with E-state index in [0.717, 1.165) is 41.7 Å². The van der Waals surface area contributed by atoms with Crippen LogP contribution in [0, 0.1) is 0 Å². The summed E-state index contributed by atoms with van der Waals surface area (Å²) in [4.78, 5) is 11.8. The average Bonchev–Trinajstić information content (AvgIpc) is 2.57. The summed E-state index contributed by atoms with van der Waals surface area (Å²) in [7, 11) is 0. The van der Waals surface area contributed by atoms with Crippen LogP contribution in [-0.2, 0) is 11.4 Å². The Labute approximate surface area is 131 Å². The topological polar surface area (TPSA) is 26.3 Å². The molecule has 1 fully saturated rings. The van der Waals surface area contributed by atoms with Gasteiger partial charge in [0.05, 0.1) is 0 Å². The van der Waals surface area contributed by atoms with E-state index in [-0.39, 0.29) is 0 Å². The van der Waals surface area contributed by atoms with Crippen molar-refractivity contribution in [3.05, 3.63) is 71.3 Å². The number of carbonyl (C=O) groups excluding carboxylic acids is 1. The Hall–Kier alpha value is -2.35. The van der Waals surface area contributed by atoms with Crippen LogP contribution in [0.2, 0.25) is 0 Å². The first kappa shape index (κ1) is 14.6. The molecule has 0 spiro atoms. The van der Waals surface area contributed by atoms with E-state index in [1.807, 2.05) is 60.7 Å². The molecule has 0 radical (unpaired) electrons. The van der Waals surface area contributed by atoms with E-state index in [0.29, 0.717) is 18.8 Å². The Morgan fingerprint density at radius 2 is 1.64 bits per heavy atom. The molecule has 0 N–H and O–H groups in total. The van der Waals surface area contributed by atoms with Crippen LogP contribution in [0.4, 0.5) is 0 Å². The molecule has 0 unspecified atom stereocenters. The summed E-state index contributed by atoms with van der Waals surface area (Å²) in [5.41, 5.74) is 3.18. The van der Waals surface area contributed by atoms with Crippen LogP contribution in [0.15, 0.2) is 60.2 Å². The van der Waals surface area contributed by atoms with Crippen LogP contribution in [0.5, 0.6) is 5.75 Å². The fourth-order valence-electron chi connectivity index (χ4n) is 2.66. The summed E-state index contributed by atoms with van der Waals surface area (Å²) in [5, 5.41) is 0. The van der Waals surface area contributed by atoms with Crippen LogP contribution in [-0.4, -0.2) is 5.78 Å². The number of carbonyl (C=O) groups is 1. The van der Waals surface area contributed by atoms with Crippen molar-refractivity contribution < 1.29 is 9.53 Å². The lowest BCUT2D eigenvalue weighted by Gasteiger charge is -2.12. The zero-order valence-corrected chi connectivity index (χ0v) is 12.6. The van der Waals surface area contributed by atoms with Crippen LogP contribution in [0.25, 0.3) is 6.08 Å². The van der Waals surface area contributed by atoms with E-state index in [9.17, 15) is 4.79 Å². The minimum atomic E-state index is 0.302. The maximum Gasteiger partial charge on any atom is 0.158 e. The van der Waals surface area contributed by atoms with E-state index in [1.165, 1.54) is 0 Å². The predicted molar refractivity (Wildman–Crippen MR) is 88.7 cm³/mol. The highest BCUT2D eigenvalue weighted by Gasteiger charge is 2.14. The van der Waals surface area contributed by atoms with Crippen LogP contribution >= 0.6 is 0 Å². The molecule has 0 aliphatic heterocycles. The van der Waals surface area contributed by atoms with Crippen LogP contribution in [0.1, 0.15) is 36.8 Å². The molecular formula is C20H20O2. The van der Waals surface area contributed by atoms with Gasteiger partial charge in [0.25, 0.3) is 0 Å². The SMILES string of the molecule is O=C1CCCC/C1=C/c1ccc(OCc2ccccc2)cc1. The molecule has 112 valence electrons. The molecule has 0 saturated heterocycles. The highest BCUT2D eigenvalue weighted by atomic mass is 16.5. The van der Waals surface area contributed by atoms with Gasteiger partial charge in [-0.05, 0) is 54.2 Å². The van der Waals surface area contributed by atoms with Crippen molar-refractivity contribution in [3.63, 3.8) is 0 Å². The number of benzene rings is 2. The zero-order chi connectivity index (χ0) is 15.2. The van der Waals surface area contributed by atoms with Gasteiger partial charge in [0.15, 0.2) is 5.78 Å². The fraction of sp³-hybridized carbons (Fsp3) is 0.250. The van der Waals surface area contributed by atoms with Crippen LogP contribution < -0.4 is 4.74 Å². The quantitative estimate of drug-likeness (QED) is 0.757. The molecule has 0 aromatic heterocycles. The van der Waals surface area contributed by atoms with Crippen molar-refractivity contribution in [1.29, 1.82) is 0 Å². The number of allylic oxidation sites excluding steroid dienone is 1. The van der Waals surface area contributed by atoms with Gasteiger partial charge in [-0.3, -0.25) is 4.79 Å². The zero-order valence-electron chi connectivity index (χ0n) is 12.6. The highest BCUT2D eigenvalue weighted by molar-refractivity contribution is 6.00. The second-order valence-corrected chi connectivity index (χ2v) is 5.64. The lowest BCUT2D eigenvalue weighted by atomic mass is 9.92. The normalized spacial score (nSPS) is 16.7. The number of hydrogen-bond donors (Lipinski definition) is 0. The Kier molecular flexibility index (Phi) is 4.69. The Morgan fingerprint density at radius 3 is 2.36 bits per heavy atom. The summed E-state index contributed by atoms with van der Waals surface area (Å²) in [5.74, 6) is 1.15. The van der Waals surface area contributed by atoms with Gasteiger partial charge < -0.3 is 4.74 Å². The monoisotopic (exact) mass is 292 g/mol. The third-order valence-corrected chi connectivity index (χ3v) is 3.93. The molecule has 22 heavy (non-hydrogen) atoms. The molecule has 0 atom stereocenters. The van der Waals surface area contributed by atoms with E-state index >= 15 is 0 Å². The molecule has 0 bridgehead atoms. The minimum Gasteiger partial charge on any atom is -0.489 e. The minimum absolute atomic E-state index is 0.302. The van der Waals surface area contributed by atoms with E-state index < -0.39 is 0 Å². The van der Waals surface area contributed by atoms with E-state index in [1.54, 1.807) is 0 Å². The maximum absolute atomic E-state index is 11.8. The second-order valence-electron chi connectivity index (χ2n) is 5.64. The summed E-state index contributed by atoms with van der Waals surface area (Å²) in [6.45, 7) is 0.569. The van der Waals surface area contributed by atoms with Gasteiger partial charge in [-0.2, -0.15) is 0 Å². The van der Waals surface area contributed by atoms with Crippen molar-refractivity contribution in [2.45, 2.75) is 32.3 Å². The van der Waals surface area contributed by atoms with Gasteiger partial charge in [-0.15, -0.1) is 0 Å². The predicted octanol–water partition coefficient (Wildman–Crippen LogP) is 4.79. The Balaban J connectivity index is 1.63. The summed E-state index contributed by atoms with van der Waals surface area (Å²) >= 11 is 0. The van der Waals surface area contributed by atoms with Crippen molar-refractivity contribution in [1.82, 2.24) is 0 Å². The summed E-state index contributed by atoms with van der Waals surface area (Å²) < 4.78 is 5.77. The van der Waals surface area contributed by atoms with E-state index in [2.05, 4.69) is 0 Å². The summed E-state index contributed by atoms with van der Waals surface area (Å²) in [6.07, 6.45) is 5.77. The Morgan fingerprint density at radius 1 is 0.909 bits per heavy atom. The molecule has 1 aliphatic rings. The fourth-order valence-corrected chi connectivity index (χ4v) is 2.66. The molecular weight excluding hydrogens is 272 g/mol. The van der Waals surface area contributed by atoms with E-state index in [4.69, 9.17) is 4.74 Å². The van der Waals surface area contributed by atoms with Gasteiger partial charge >= 0.3 is 0 Å². The van der Waals surface area contributed by atoms with Crippen molar-refractivity contribution in [3.8, 4) is 5.75 Å². The van der Waals surface area contributed by atoms with Crippen LogP contribution in [0.3, 0.4) is 0 Å². The number of hydrogen-bond acceptors (Lipinski definition) is 2. The van der Waals surface area contributed by atoms with Crippen molar-refractivity contribution >= 4 is 11.9 Å². The lowest BCUT2D eigenvalue weighted by Crippen LogP contribution is -2.07. The van der Waals surface area contributed by atoms with Gasteiger partial charge in [0, 0.05) is 6.42 Å². The van der Waals surface area contributed by atoms with Gasteiger partial charge in [-0.25, -0.2) is 0 Å². The molecule has 2 heteroatoms. The molecule has 2 nitrogen and oxygen atoms in total. The standard InChI is InChI=1S/C20H20O2/c21-20-9-5-4-8-18(20)14-16-10-12-19(13-11-16)22-15-17-6-2-1-3-7-17/h1-3,6-7,10-14H,4-5,8-9,15H2/b18-14-. The van der Waals surface area contributed by atoms with Gasteiger partial charge in [0.1, 0.15) is 12.4 Å². The maximum atomic E-state index is 11.8. The highest BCUT2D eigenvalue weighted by Crippen LogP contribution is 2.23. The first-order valence-corrected chi connectivity index (χ1v) is 7.82. The number of ether oxygens (including phenoxy) is 1. The van der Waals surface area contributed by atoms with Crippen molar-refractivity contribution in [2.75, 3.05) is 0 Å². The molecule has 2 aromatic carbocycles. The molecule has 2 aromatic rings. The average molecular weight is 292 g/mol. The number of rotatable bonds is 4. The number of Topliss-reactive ketones (excluding diaryl/α,β-unsaturated/α-hetero) is 1. The first-order valence-electron chi connectivity index (χ1n) is 7.82. The first-order chi connectivity index (χ1) is 10.8. The largest absolute Gasteiger partial charge is 0.489 e. The summed E-state index contributed by atoms with van der Waals surface area (Å²) in [6, 6.07) is 18.1. The Bertz CT molecular complexity index is 654. The smallest absolute Gasteiger partial charge is 0.158 e. The molecule has 1 saturated carbocycles. The lowest BCUT2D eigenvalue weighted by molar-refractivity contribution is -0.116. The second kappa shape index (κ2) is 7.08. The molecule has 0 amide bonds. The molecule has 3 rings (SSSR count). The van der Waals surface area contributed by atoms with Gasteiger partial charge in [0.2, 0.25) is 0 Å². The molecule has 1 aliphatic carbocycles. The third-order valence-electron chi connectivity index (χ3n) is 3.93.